The fourth-order valence-corrected chi connectivity index (χ4v) is 6.12. The van der Waals surface area contributed by atoms with Crippen molar-refractivity contribution in [2.75, 3.05) is 38.5 Å². The maximum atomic E-state index is 15.6. The average molecular weight is 660 g/mol. The molecule has 256 valence electrons. The quantitative estimate of drug-likeness (QED) is 0.336. The summed E-state index contributed by atoms with van der Waals surface area (Å²) in [5, 5.41) is 12.2. The van der Waals surface area contributed by atoms with Crippen LogP contribution in [0.25, 0.3) is 0 Å². The van der Waals surface area contributed by atoms with Crippen molar-refractivity contribution in [1.82, 2.24) is 30.2 Å². The van der Waals surface area contributed by atoms with Crippen LogP contribution in [-0.4, -0.2) is 88.5 Å². The van der Waals surface area contributed by atoms with E-state index in [-0.39, 0.29) is 60.9 Å². The van der Waals surface area contributed by atoms with Gasteiger partial charge in [-0.1, -0.05) is 19.9 Å². The zero-order valence-corrected chi connectivity index (χ0v) is 27.3. The van der Waals surface area contributed by atoms with Gasteiger partial charge in [0.25, 0.3) is 12.0 Å². The molecule has 14 heteroatoms. The first-order valence-corrected chi connectivity index (χ1v) is 16.2. The lowest BCUT2D eigenvalue weighted by molar-refractivity contribution is -0.138. The second kappa shape index (κ2) is 16.1. The summed E-state index contributed by atoms with van der Waals surface area (Å²) in [5.41, 5.74) is 0.569. The third-order valence-electron chi connectivity index (χ3n) is 9.19. The average Bonchev–Trinajstić information content (AvgIpc) is 3.56. The highest BCUT2D eigenvalue weighted by Crippen LogP contribution is 2.34. The third kappa shape index (κ3) is 8.79. The maximum Gasteiger partial charge on any atom is 0.270 e. The molecule has 4 amide bonds. The molecule has 2 aromatic rings. The van der Waals surface area contributed by atoms with Gasteiger partial charge in [0.15, 0.2) is 0 Å². The zero-order valence-electron chi connectivity index (χ0n) is 27.3. The molecule has 0 bridgehead atoms. The molecule has 1 saturated heterocycles. The first-order chi connectivity index (χ1) is 22.4. The lowest BCUT2D eigenvalue weighted by atomic mass is 9.81. The molecule has 0 radical (unpaired) electrons. The van der Waals surface area contributed by atoms with E-state index in [1.807, 2.05) is 14.0 Å². The van der Waals surface area contributed by atoms with Gasteiger partial charge in [-0.25, -0.2) is 4.39 Å². The van der Waals surface area contributed by atoms with Crippen LogP contribution in [0, 0.1) is 11.7 Å². The molecule has 0 unspecified atom stereocenters. The standard InChI is InChI=1S/C33H44F3N7O4/c1-5-27(44)39-28(33(47)42-17-15-41(4)16-18-42)20(3)23-11-12-25(24(34)19-23)38-32(46)29(21-7-9-22(10-8-21)30(35)36)40-31(45)26-13-14-37-43(26)6-2/h11-14,19-21,28-29H,5-10,15-18H2,1-4H3,(H,38,46)(H,39,44)(H,40,45)/t20-,28+,29-/m0/s1. The highest BCUT2D eigenvalue weighted by molar-refractivity contribution is 6.00. The van der Waals surface area contributed by atoms with E-state index in [2.05, 4.69) is 25.9 Å². The van der Waals surface area contributed by atoms with Crippen LogP contribution in [0.3, 0.4) is 0 Å². The SMILES string of the molecule is CCC(=O)N[C@@H](C(=O)N1CCN(C)CC1)[C@@H](C)c1ccc(NC(=O)[C@@H](NC(=O)c2ccnn2CC)C2CCC(=C(F)F)CC2)c(F)c1. The number of carbonyl (C=O) groups is 4. The van der Waals surface area contributed by atoms with Gasteiger partial charge in [0, 0.05) is 51.3 Å². The van der Waals surface area contributed by atoms with E-state index >= 15 is 4.39 Å². The topological polar surface area (TPSA) is 129 Å². The Morgan fingerprint density at radius 3 is 2.28 bits per heavy atom. The number of anilines is 1. The Labute approximate surface area is 272 Å². The predicted octanol–water partition coefficient (Wildman–Crippen LogP) is 3.89. The number of benzene rings is 1. The number of aromatic nitrogens is 2. The Balaban J connectivity index is 1.53. The molecule has 4 rings (SSSR count). The molecule has 11 nitrogen and oxygen atoms in total. The van der Waals surface area contributed by atoms with Gasteiger partial charge in [-0.2, -0.15) is 13.9 Å². The van der Waals surface area contributed by atoms with Crippen LogP contribution in [0.15, 0.2) is 42.1 Å². The number of halogens is 3. The molecule has 2 fully saturated rings. The van der Waals surface area contributed by atoms with Crippen LogP contribution in [0.4, 0.5) is 18.9 Å². The Morgan fingerprint density at radius 2 is 1.68 bits per heavy atom. The molecular formula is C33H44F3N7O4. The monoisotopic (exact) mass is 659 g/mol. The van der Waals surface area contributed by atoms with E-state index in [9.17, 15) is 28.0 Å². The summed E-state index contributed by atoms with van der Waals surface area (Å²) in [4.78, 5) is 56.5. The van der Waals surface area contributed by atoms with E-state index in [1.165, 1.54) is 29.1 Å². The molecule has 2 heterocycles. The van der Waals surface area contributed by atoms with Crippen molar-refractivity contribution in [3.05, 3.63) is 59.2 Å². The fraction of sp³-hybridized carbons (Fsp3) is 0.545. The van der Waals surface area contributed by atoms with Gasteiger partial charge in [0.05, 0.1) is 5.69 Å². The molecule has 47 heavy (non-hydrogen) atoms. The minimum atomic E-state index is -1.72. The molecule has 1 saturated carbocycles. The Morgan fingerprint density at radius 1 is 1.00 bits per heavy atom. The Kier molecular flexibility index (Phi) is 12.2. The summed E-state index contributed by atoms with van der Waals surface area (Å²) in [6, 6.07) is 3.65. The molecule has 0 spiro atoms. The normalized spacial score (nSPS) is 19.0. The van der Waals surface area contributed by atoms with Crippen molar-refractivity contribution < 1.29 is 32.3 Å². The number of piperazine rings is 1. The first kappa shape index (κ1) is 35.7. The summed E-state index contributed by atoms with van der Waals surface area (Å²) in [7, 11) is 1.97. The van der Waals surface area contributed by atoms with Gasteiger partial charge in [0.1, 0.15) is 23.6 Å². The Bertz CT molecular complexity index is 1470. The number of rotatable bonds is 11. The lowest BCUT2D eigenvalue weighted by Gasteiger charge is -2.36. The van der Waals surface area contributed by atoms with E-state index < -0.39 is 47.6 Å². The number of hydrogen-bond donors (Lipinski definition) is 3. The predicted molar refractivity (Wildman–Crippen MR) is 170 cm³/mol. The molecule has 3 atom stereocenters. The van der Waals surface area contributed by atoms with Crippen molar-refractivity contribution in [2.45, 2.75) is 77.4 Å². The molecular weight excluding hydrogens is 615 g/mol. The van der Waals surface area contributed by atoms with Crippen LogP contribution >= 0.6 is 0 Å². The number of nitrogens with zero attached hydrogens (tertiary/aromatic N) is 4. The number of allylic oxidation sites excluding steroid dienone is 1. The van der Waals surface area contributed by atoms with Gasteiger partial charge >= 0.3 is 0 Å². The van der Waals surface area contributed by atoms with E-state index in [4.69, 9.17) is 0 Å². The van der Waals surface area contributed by atoms with Crippen molar-refractivity contribution in [1.29, 1.82) is 0 Å². The summed E-state index contributed by atoms with van der Waals surface area (Å²) >= 11 is 0. The van der Waals surface area contributed by atoms with Gasteiger partial charge in [-0.3, -0.25) is 23.9 Å². The first-order valence-electron chi connectivity index (χ1n) is 16.2. The summed E-state index contributed by atoms with van der Waals surface area (Å²) < 4.78 is 43.5. The summed E-state index contributed by atoms with van der Waals surface area (Å²) in [6.07, 6.45) is 0.569. The number of carbonyl (C=O) groups excluding carboxylic acids is 4. The van der Waals surface area contributed by atoms with Crippen LogP contribution in [0.2, 0.25) is 0 Å². The van der Waals surface area contributed by atoms with Gasteiger partial charge in [-0.05, 0) is 74.9 Å². The molecule has 1 aliphatic heterocycles. The van der Waals surface area contributed by atoms with Gasteiger partial charge in [-0.15, -0.1) is 0 Å². The van der Waals surface area contributed by atoms with Gasteiger partial charge < -0.3 is 25.8 Å². The largest absolute Gasteiger partial charge is 0.344 e. The van der Waals surface area contributed by atoms with Crippen LogP contribution < -0.4 is 16.0 Å². The molecule has 1 aliphatic carbocycles. The van der Waals surface area contributed by atoms with E-state index in [1.54, 1.807) is 24.8 Å². The summed E-state index contributed by atoms with van der Waals surface area (Å²) in [5.74, 6) is -3.61. The number of amides is 4. The number of likely N-dealkylation sites (N-methyl/N-ethyl adjacent to an activating group) is 1. The highest BCUT2D eigenvalue weighted by atomic mass is 19.3. The van der Waals surface area contributed by atoms with E-state index in [0.717, 1.165) is 0 Å². The molecule has 1 aromatic heterocycles. The second-order valence-corrected chi connectivity index (χ2v) is 12.2. The number of aryl methyl sites for hydroxylation is 1. The molecule has 2 aliphatic rings. The zero-order chi connectivity index (χ0) is 34.2. The molecule has 3 N–H and O–H groups in total. The van der Waals surface area contributed by atoms with Crippen LogP contribution in [0.1, 0.15) is 74.8 Å². The number of hydrogen-bond acceptors (Lipinski definition) is 6. The lowest BCUT2D eigenvalue weighted by Crippen LogP contribution is -2.55. The van der Waals surface area contributed by atoms with Crippen LogP contribution in [-0.2, 0) is 20.9 Å². The smallest absolute Gasteiger partial charge is 0.270 e. The van der Waals surface area contributed by atoms with Crippen molar-refractivity contribution in [3.63, 3.8) is 0 Å². The number of nitrogens with one attached hydrogen (secondary N) is 3. The van der Waals surface area contributed by atoms with Crippen LogP contribution in [0.5, 0.6) is 0 Å². The molecule has 1 aromatic carbocycles. The Hall–Kier alpha value is -4.20. The fourth-order valence-electron chi connectivity index (χ4n) is 6.12. The van der Waals surface area contributed by atoms with Crippen molar-refractivity contribution >= 4 is 29.3 Å². The minimum Gasteiger partial charge on any atom is -0.344 e. The van der Waals surface area contributed by atoms with Crippen molar-refractivity contribution in [3.8, 4) is 0 Å². The van der Waals surface area contributed by atoms with Crippen molar-refractivity contribution in [2.24, 2.45) is 5.92 Å². The maximum absolute atomic E-state index is 15.6. The van der Waals surface area contributed by atoms with Gasteiger partial charge in [0.2, 0.25) is 17.7 Å². The van der Waals surface area contributed by atoms with E-state index in [0.29, 0.717) is 38.3 Å². The minimum absolute atomic E-state index is 0.0334. The summed E-state index contributed by atoms with van der Waals surface area (Å²) in [6.45, 7) is 8.08. The highest BCUT2D eigenvalue weighted by Gasteiger charge is 2.35. The third-order valence-corrected chi connectivity index (χ3v) is 9.19. The second-order valence-electron chi connectivity index (χ2n) is 12.2.